The Hall–Kier alpha value is -3.98. The fourth-order valence-electron chi connectivity index (χ4n) is 3.81. The minimum Gasteiger partial charge on any atom is -0.493 e. The Labute approximate surface area is 210 Å². The number of hydrogen-bond donors (Lipinski definition) is 1. The average Bonchev–Trinajstić information content (AvgIpc) is 3.16. The lowest BCUT2D eigenvalue weighted by atomic mass is 10.2. The second kappa shape index (κ2) is 9.71. The van der Waals surface area contributed by atoms with E-state index in [1.54, 1.807) is 13.3 Å². The van der Waals surface area contributed by atoms with Crippen LogP contribution in [0.2, 0.25) is 0 Å². The largest absolute Gasteiger partial charge is 0.493 e. The predicted octanol–water partition coefficient (Wildman–Crippen LogP) is 5.62. The lowest BCUT2D eigenvalue weighted by Crippen LogP contribution is -2.01. The number of hydrazone groups is 1. The molecule has 0 aliphatic rings. The van der Waals surface area contributed by atoms with E-state index in [2.05, 4.69) is 72.8 Å². The molecule has 0 aliphatic carbocycles. The molecule has 0 saturated carbocycles. The summed E-state index contributed by atoms with van der Waals surface area (Å²) in [5.74, 6) is 1.54. The lowest BCUT2D eigenvalue weighted by Gasteiger charge is -2.13. The van der Waals surface area contributed by atoms with E-state index in [4.69, 9.17) is 9.47 Å². The topological polar surface area (TPSA) is 86.5 Å². The van der Waals surface area contributed by atoms with Gasteiger partial charge >= 0.3 is 0 Å². The van der Waals surface area contributed by atoms with Crippen molar-refractivity contribution in [1.82, 2.24) is 19.7 Å². The van der Waals surface area contributed by atoms with Crippen LogP contribution in [0.1, 0.15) is 16.7 Å². The van der Waals surface area contributed by atoms with Gasteiger partial charge in [-0.15, -0.1) is 10.2 Å². The number of aryl methyl sites for hydroxylation is 2. The maximum absolute atomic E-state index is 6.03. The third kappa shape index (κ3) is 4.67. The summed E-state index contributed by atoms with van der Waals surface area (Å²) in [6, 6.07) is 20.0. The number of benzene rings is 3. The van der Waals surface area contributed by atoms with Gasteiger partial charge in [-0.1, -0.05) is 48.0 Å². The van der Waals surface area contributed by atoms with E-state index in [-0.39, 0.29) is 0 Å². The number of methoxy groups -OCH3 is 1. The van der Waals surface area contributed by atoms with Gasteiger partial charge in [0.15, 0.2) is 17.1 Å². The first kappa shape index (κ1) is 22.8. The van der Waals surface area contributed by atoms with Crippen LogP contribution in [0.3, 0.4) is 0 Å². The van der Waals surface area contributed by atoms with Gasteiger partial charge in [-0.2, -0.15) is 10.1 Å². The Bertz CT molecular complexity index is 1550. The average molecular weight is 531 g/mol. The van der Waals surface area contributed by atoms with Crippen molar-refractivity contribution in [3.63, 3.8) is 0 Å². The van der Waals surface area contributed by atoms with Crippen molar-refractivity contribution in [3.8, 4) is 11.5 Å². The van der Waals surface area contributed by atoms with Gasteiger partial charge in [-0.25, -0.2) is 5.43 Å². The van der Waals surface area contributed by atoms with Crippen LogP contribution in [0.25, 0.3) is 22.1 Å². The van der Waals surface area contributed by atoms with Gasteiger partial charge in [0.05, 0.1) is 23.3 Å². The SMILES string of the molecule is COc1cc(/C=N/Nc2nnc3c4ccccc4n(C)c3n2)cc(Br)c1OCc1ccc(C)cc1. The van der Waals surface area contributed by atoms with E-state index < -0.39 is 0 Å². The first-order chi connectivity index (χ1) is 17.0. The molecule has 0 bridgehead atoms. The third-order valence-electron chi connectivity index (χ3n) is 5.64. The first-order valence-electron chi connectivity index (χ1n) is 11.0. The summed E-state index contributed by atoms with van der Waals surface area (Å²) in [6.07, 6.45) is 1.66. The first-order valence-corrected chi connectivity index (χ1v) is 11.8. The summed E-state index contributed by atoms with van der Waals surface area (Å²) in [5.41, 5.74) is 8.50. The Morgan fingerprint density at radius 1 is 1.09 bits per heavy atom. The fraction of sp³-hybridized carbons (Fsp3) is 0.154. The van der Waals surface area contributed by atoms with Crippen LogP contribution in [0.4, 0.5) is 5.95 Å². The lowest BCUT2D eigenvalue weighted by molar-refractivity contribution is 0.282. The number of halogens is 1. The van der Waals surface area contributed by atoms with Crippen molar-refractivity contribution in [1.29, 1.82) is 0 Å². The summed E-state index contributed by atoms with van der Waals surface area (Å²) in [4.78, 5) is 4.58. The molecule has 9 heteroatoms. The zero-order chi connectivity index (χ0) is 24.4. The molecule has 0 unspecified atom stereocenters. The Kier molecular flexibility index (Phi) is 6.33. The van der Waals surface area contributed by atoms with E-state index in [1.165, 1.54) is 5.56 Å². The van der Waals surface area contributed by atoms with Gasteiger partial charge in [0.2, 0.25) is 0 Å². The molecule has 0 fully saturated rings. The van der Waals surface area contributed by atoms with E-state index in [0.29, 0.717) is 24.1 Å². The molecule has 0 spiro atoms. The van der Waals surface area contributed by atoms with Crippen LogP contribution >= 0.6 is 15.9 Å². The van der Waals surface area contributed by atoms with Crippen LogP contribution in [0, 0.1) is 6.92 Å². The molecule has 2 heterocycles. The minimum absolute atomic E-state index is 0.309. The highest BCUT2D eigenvalue weighted by atomic mass is 79.9. The van der Waals surface area contributed by atoms with Crippen molar-refractivity contribution >= 4 is 50.2 Å². The molecule has 0 aliphatic heterocycles. The number of aromatic nitrogens is 4. The van der Waals surface area contributed by atoms with E-state index in [1.807, 2.05) is 48.0 Å². The molecule has 3 aromatic carbocycles. The summed E-state index contributed by atoms with van der Waals surface area (Å²) in [5, 5.41) is 13.8. The van der Waals surface area contributed by atoms with E-state index >= 15 is 0 Å². The molecule has 35 heavy (non-hydrogen) atoms. The van der Waals surface area contributed by atoms with Crippen LogP contribution < -0.4 is 14.9 Å². The van der Waals surface area contributed by atoms with Gasteiger partial charge < -0.3 is 14.0 Å². The number of anilines is 1. The Balaban J connectivity index is 1.32. The molecule has 176 valence electrons. The molecule has 1 N–H and O–H groups in total. The minimum atomic E-state index is 0.309. The monoisotopic (exact) mass is 530 g/mol. The summed E-state index contributed by atoms with van der Waals surface area (Å²) >= 11 is 3.59. The Morgan fingerprint density at radius 2 is 1.89 bits per heavy atom. The van der Waals surface area contributed by atoms with Gasteiger partial charge in [-0.3, -0.25) is 0 Å². The number of para-hydroxylation sites is 1. The van der Waals surface area contributed by atoms with Gasteiger partial charge in [-0.05, 0) is 52.2 Å². The standard InChI is InChI=1S/C26H23BrN6O2/c1-16-8-10-17(11-9-16)15-35-24-20(27)12-18(13-22(24)34-3)14-28-31-26-29-25-23(30-32-26)19-6-4-5-7-21(19)33(25)2/h4-14H,15H2,1-3H3,(H,29,31,32)/b28-14+. The normalized spacial score (nSPS) is 11.4. The van der Waals surface area contributed by atoms with Crippen LogP contribution in [0.5, 0.6) is 11.5 Å². The smallest absolute Gasteiger partial charge is 0.265 e. The Morgan fingerprint density at radius 3 is 2.69 bits per heavy atom. The highest BCUT2D eigenvalue weighted by molar-refractivity contribution is 9.10. The number of rotatable bonds is 7. The maximum Gasteiger partial charge on any atom is 0.265 e. The van der Waals surface area contributed by atoms with Crippen molar-refractivity contribution < 1.29 is 9.47 Å². The van der Waals surface area contributed by atoms with Crippen molar-refractivity contribution in [2.24, 2.45) is 12.1 Å². The number of ether oxygens (including phenoxy) is 2. The maximum atomic E-state index is 6.03. The molecule has 0 radical (unpaired) electrons. The molecular weight excluding hydrogens is 508 g/mol. The van der Waals surface area contributed by atoms with Crippen LogP contribution in [-0.4, -0.2) is 33.1 Å². The summed E-state index contributed by atoms with van der Waals surface area (Å²) in [7, 11) is 3.57. The van der Waals surface area contributed by atoms with Gasteiger partial charge in [0, 0.05) is 12.4 Å². The molecular formula is C26H23BrN6O2. The molecule has 0 atom stereocenters. The molecule has 5 rings (SSSR count). The third-order valence-corrected chi connectivity index (χ3v) is 6.23. The predicted molar refractivity (Wildman–Crippen MR) is 141 cm³/mol. The van der Waals surface area contributed by atoms with Gasteiger partial charge in [0.25, 0.3) is 5.95 Å². The zero-order valence-corrected chi connectivity index (χ0v) is 21.1. The molecule has 8 nitrogen and oxygen atoms in total. The van der Waals surface area contributed by atoms with Crippen LogP contribution in [0.15, 0.2) is 70.2 Å². The molecule has 2 aromatic heterocycles. The molecule has 5 aromatic rings. The van der Waals surface area contributed by atoms with Crippen molar-refractivity contribution in [3.05, 3.63) is 81.8 Å². The zero-order valence-electron chi connectivity index (χ0n) is 19.5. The van der Waals surface area contributed by atoms with E-state index in [9.17, 15) is 0 Å². The van der Waals surface area contributed by atoms with Crippen LogP contribution in [-0.2, 0) is 13.7 Å². The second-order valence-electron chi connectivity index (χ2n) is 8.06. The van der Waals surface area contributed by atoms with E-state index in [0.717, 1.165) is 37.7 Å². The van der Waals surface area contributed by atoms with Crippen molar-refractivity contribution in [2.45, 2.75) is 13.5 Å². The quantitative estimate of drug-likeness (QED) is 0.217. The van der Waals surface area contributed by atoms with Crippen molar-refractivity contribution in [2.75, 3.05) is 12.5 Å². The number of fused-ring (bicyclic) bond motifs is 3. The number of hydrogen-bond acceptors (Lipinski definition) is 7. The highest BCUT2D eigenvalue weighted by Crippen LogP contribution is 2.37. The highest BCUT2D eigenvalue weighted by Gasteiger charge is 2.13. The summed E-state index contributed by atoms with van der Waals surface area (Å²) < 4.78 is 14.3. The number of nitrogens with zero attached hydrogens (tertiary/aromatic N) is 5. The second-order valence-corrected chi connectivity index (χ2v) is 8.92. The molecule has 0 amide bonds. The summed E-state index contributed by atoms with van der Waals surface area (Å²) in [6.45, 7) is 2.50. The van der Waals surface area contributed by atoms with Gasteiger partial charge in [0.1, 0.15) is 12.1 Å². The fourth-order valence-corrected chi connectivity index (χ4v) is 4.39. The number of nitrogens with one attached hydrogen (secondary N) is 1. The molecule has 0 saturated heterocycles.